The monoisotopic (exact) mass is 123 g/mol. The van der Waals surface area contributed by atoms with Crippen molar-refractivity contribution in [1.82, 2.24) is 5.32 Å². The second-order valence-corrected chi connectivity index (χ2v) is 4.20. The molecule has 4 fully saturated rings. The van der Waals surface area contributed by atoms with Gasteiger partial charge in [0.05, 0.1) is 0 Å². The van der Waals surface area contributed by atoms with E-state index in [2.05, 4.69) is 5.32 Å². The summed E-state index contributed by atoms with van der Waals surface area (Å²) in [6.45, 7) is 2.67. The minimum Gasteiger partial charge on any atom is -0.316 e. The Hall–Kier alpha value is -0.0400. The zero-order chi connectivity index (χ0) is 5.90. The van der Waals surface area contributed by atoms with E-state index < -0.39 is 0 Å². The van der Waals surface area contributed by atoms with E-state index in [0.717, 1.165) is 17.3 Å². The van der Waals surface area contributed by atoms with Gasteiger partial charge in [-0.15, -0.1) is 0 Å². The maximum atomic E-state index is 3.50. The molecule has 50 valence electrons. The molecule has 0 aromatic rings. The number of hydrogen-bond donors (Lipinski definition) is 1. The summed E-state index contributed by atoms with van der Waals surface area (Å²) in [6.07, 6.45) is 4.67. The third kappa shape index (κ3) is 0.389. The Morgan fingerprint density at radius 3 is 3.00 bits per heavy atom. The molecule has 1 saturated heterocycles. The molecule has 2 bridgehead atoms. The van der Waals surface area contributed by atoms with Crippen LogP contribution in [0.1, 0.15) is 19.3 Å². The van der Waals surface area contributed by atoms with Crippen LogP contribution in [0, 0.1) is 17.3 Å². The SMILES string of the molecule is C1NCC23CC(CC12)C3. The summed E-state index contributed by atoms with van der Waals surface area (Å²) in [4.78, 5) is 0. The Morgan fingerprint density at radius 2 is 2.22 bits per heavy atom. The lowest BCUT2D eigenvalue weighted by molar-refractivity contribution is 0.145. The molecule has 0 aromatic heterocycles. The van der Waals surface area contributed by atoms with E-state index in [-0.39, 0.29) is 0 Å². The smallest absolute Gasteiger partial charge is 0.00113 e. The molecule has 1 spiro atoms. The average Bonchev–Trinajstić information content (AvgIpc) is 2.11. The van der Waals surface area contributed by atoms with Gasteiger partial charge in [-0.25, -0.2) is 0 Å². The van der Waals surface area contributed by atoms with Crippen molar-refractivity contribution in [1.29, 1.82) is 0 Å². The molecule has 1 heteroatoms. The number of nitrogens with one attached hydrogen (secondary N) is 1. The van der Waals surface area contributed by atoms with Gasteiger partial charge in [0.1, 0.15) is 0 Å². The van der Waals surface area contributed by atoms with E-state index >= 15 is 0 Å². The molecule has 4 rings (SSSR count). The normalized spacial score (nSPS) is 61.3. The second kappa shape index (κ2) is 1.20. The van der Waals surface area contributed by atoms with E-state index in [1.165, 1.54) is 13.1 Å². The highest BCUT2D eigenvalue weighted by molar-refractivity contribution is 5.10. The molecular weight excluding hydrogens is 110 g/mol. The molecule has 9 heavy (non-hydrogen) atoms. The molecule has 0 aromatic carbocycles. The Morgan fingerprint density at radius 1 is 1.33 bits per heavy atom. The van der Waals surface area contributed by atoms with Crippen LogP contribution in [0.2, 0.25) is 0 Å². The Labute approximate surface area is 55.8 Å². The lowest BCUT2D eigenvalue weighted by Crippen LogP contribution is -2.33. The third-order valence-electron chi connectivity index (χ3n) is 3.74. The van der Waals surface area contributed by atoms with Crippen LogP contribution in [0.5, 0.6) is 0 Å². The average molecular weight is 123 g/mol. The van der Waals surface area contributed by atoms with Crippen molar-refractivity contribution in [3.63, 3.8) is 0 Å². The predicted molar refractivity (Wildman–Crippen MR) is 36.1 cm³/mol. The zero-order valence-electron chi connectivity index (χ0n) is 5.69. The first-order valence-corrected chi connectivity index (χ1v) is 4.10. The molecule has 4 aliphatic rings. The molecule has 3 saturated carbocycles. The Kier molecular flexibility index (Phi) is 0.628. The van der Waals surface area contributed by atoms with Gasteiger partial charge < -0.3 is 5.32 Å². The first-order valence-electron chi connectivity index (χ1n) is 4.10. The van der Waals surface area contributed by atoms with Crippen LogP contribution in [0.4, 0.5) is 0 Å². The fraction of sp³-hybridized carbons (Fsp3) is 1.00. The van der Waals surface area contributed by atoms with Crippen LogP contribution < -0.4 is 5.32 Å². The minimum absolute atomic E-state index is 0.838. The highest BCUT2D eigenvalue weighted by Crippen LogP contribution is 2.63. The van der Waals surface area contributed by atoms with Crippen LogP contribution in [-0.2, 0) is 0 Å². The lowest BCUT2D eigenvalue weighted by atomic mass is 9.68. The molecule has 0 radical (unpaired) electrons. The lowest BCUT2D eigenvalue weighted by Gasteiger charge is -2.37. The molecule has 3 aliphatic carbocycles. The van der Waals surface area contributed by atoms with E-state index in [9.17, 15) is 0 Å². The van der Waals surface area contributed by atoms with Crippen molar-refractivity contribution in [2.24, 2.45) is 17.3 Å². The molecule has 1 heterocycles. The summed E-state index contributed by atoms with van der Waals surface area (Å²) in [7, 11) is 0. The maximum Gasteiger partial charge on any atom is 0.00113 e. The highest BCUT2D eigenvalue weighted by Gasteiger charge is 2.58. The summed E-state index contributed by atoms with van der Waals surface area (Å²) in [5.74, 6) is 2.24. The van der Waals surface area contributed by atoms with Gasteiger partial charge in [-0.05, 0) is 43.1 Å². The summed E-state index contributed by atoms with van der Waals surface area (Å²) < 4.78 is 0. The van der Waals surface area contributed by atoms with Crippen molar-refractivity contribution < 1.29 is 0 Å². The van der Waals surface area contributed by atoms with Crippen LogP contribution in [0.15, 0.2) is 0 Å². The standard InChI is InChI=1S/C8H13N/c1-6-2-8(3-6)5-9-4-7(1)8/h6-7,9H,1-5H2. The molecule has 1 unspecified atom stereocenters. The topological polar surface area (TPSA) is 12.0 Å². The first kappa shape index (κ1) is 4.73. The molecule has 1 N–H and O–H groups in total. The summed E-state index contributed by atoms with van der Waals surface area (Å²) >= 11 is 0. The van der Waals surface area contributed by atoms with Crippen molar-refractivity contribution in [2.75, 3.05) is 13.1 Å². The van der Waals surface area contributed by atoms with Gasteiger partial charge in [0.25, 0.3) is 0 Å². The largest absolute Gasteiger partial charge is 0.316 e. The molecule has 1 aliphatic heterocycles. The summed E-state index contributed by atoms with van der Waals surface area (Å²) in [6, 6.07) is 0. The van der Waals surface area contributed by atoms with Crippen molar-refractivity contribution >= 4 is 0 Å². The number of rotatable bonds is 0. The van der Waals surface area contributed by atoms with Crippen molar-refractivity contribution in [3.8, 4) is 0 Å². The summed E-state index contributed by atoms with van der Waals surface area (Å²) in [5, 5.41) is 3.50. The molecule has 1 nitrogen and oxygen atoms in total. The fourth-order valence-electron chi connectivity index (χ4n) is 3.33. The predicted octanol–water partition coefficient (Wildman–Crippen LogP) is 1.01. The van der Waals surface area contributed by atoms with Gasteiger partial charge in [0, 0.05) is 6.54 Å². The zero-order valence-corrected chi connectivity index (χ0v) is 5.69. The highest BCUT2D eigenvalue weighted by atomic mass is 15.0. The number of hydrogen-bond acceptors (Lipinski definition) is 1. The van der Waals surface area contributed by atoms with Crippen molar-refractivity contribution in [3.05, 3.63) is 0 Å². The van der Waals surface area contributed by atoms with Crippen LogP contribution >= 0.6 is 0 Å². The second-order valence-electron chi connectivity index (χ2n) is 4.20. The van der Waals surface area contributed by atoms with E-state index in [4.69, 9.17) is 0 Å². The van der Waals surface area contributed by atoms with Crippen LogP contribution in [0.3, 0.4) is 0 Å². The van der Waals surface area contributed by atoms with E-state index in [1.54, 1.807) is 19.3 Å². The van der Waals surface area contributed by atoms with Crippen molar-refractivity contribution in [2.45, 2.75) is 19.3 Å². The molecule has 1 atom stereocenters. The Bertz CT molecular complexity index is 138. The fourth-order valence-corrected chi connectivity index (χ4v) is 3.33. The van der Waals surface area contributed by atoms with E-state index in [1.807, 2.05) is 0 Å². The maximum absolute atomic E-state index is 3.50. The summed E-state index contributed by atoms with van der Waals surface area (Å²) in [5.41, 5.74) is 0.838. The molecular formula is C8H13N. The Balaban J connectivity index is 2.00. The van der Waals surface area contributed by atoms with Gasteiger partial charge in [-0.2, -0.15) is 0 Å². The van der Waals surface area contributed by atoms with E-state index in [0.29, 0.717) is 0 Å². The third-order valence-corrected chi connectivity index (χ3v) is 3.74. The van der Waals surface area contributed by atoms with Gasteiger partial charge in [-0.1, -0.05) is 0 Å². The van der Waals surface area contributed by atoms with Gasteiger partial charge in [0.15, 0.2) is 0 Å². The quantitative estimate of drug-likeness (QED) is 0.507. The first-order chi connectivity index (χ1) is 4.39. The van der Waals surface area contributed by atoms with Gasteiger partial charge >= 0.3 is 0 Å². The molecule has 0 amide bonds. The minimum atomic E-state index is 0.838. The van der Waals surface area contributed by atoms with Gasteiger partial charge in [0.2, 0.25) is 0 Å². The van der Waals surface area contributed by atoms with Gasteiger partial charge in [-0.3, -0.25) is 0 Å². The van der Waals surface area contributed by atoms with Crippen LogP contribution in [0.25, 0.3) is 0 Å². The van der Waals surface area contributed by atoms with Crippen LogP contribution in [-0.4, -0.2) is 13.1 Å².